The second-order valence-corrected chi connectivity index (χ2v) is 6.03. The van der Waals surface area contributed by atoms with Gasteiger partial charge in [-0.05, 0) is 44.0 Å². The number of nitrogens with one attached hydrogen (secondary N) is 1. The van der Waals surface area contributed by atoms with E-state index in [1.165, 1.54) is 34.9 Å². The lowest BCUT2D eigenvalue weighted by Crippen LogP contribution is -2.27. The predicted octanol–water partition coefficient (Wildman–Crippen LogP) is 3.59. The highest BCUT2D eigenvalue weighted by molar-refractivity contribution is 9.10. The molecule has 2 unspecified atom stereocenters. The molecule has 1 aromatic carbocycles. The van der Waals surface area contributed by atoms with Crippen LogP contribution in [0.25, 0.3) is 0 Å². The van der Waals surface area contributed by atoms with Gasteiger partial charge in [-0.15, -0.1) is 0 Å². The van der Waals surface area contributed by atoms with Crippen LogP contribution in [-0.4, -0.2) is 12.6 Å². The zero-order valence-electron chi connectivity index (χ0n) is 10.1. The number of hydrogen-bond donors (Lipinski definition) is 1. The molecule has 3 rings (SSSR count). The maximum absolute atomic E-state index is 5.99. The van der Waals surface area contributed by atoms with E-state index in [0.29, 0.717) is 12.1 Å². The van der Waals surface area contributed by atoms with Crippen LogP contribution < -0.4 is 10.1 Å². The van der Waals surface area contributed by atoms with Crippen molar-refractivity contribution in [1.82, 2.24) is 5.32 Å². The third-order valence-corrected chi connectivity index (χ3v) is 4.13. The summed E-state index contributed by atoms with van der Waals surface area (Å²) in [6, 6.07) is 4.89. The zero-order valence-corrected chi connectivity index (χ0v) is 11.7. The Balaban J connectivity index is 1.98. The van der Waals surface area contributed by atoms with Crippen LogP contribution >= 0.6 is 15.9 Å². The summed E-state index contributed by atoms with van der Waals surface area (Å²) in [4.78, 5) is 0. The van der Waals surface area contributed by atoms with Crippen molar-refractivity contribution in [2.75, 3.05) is 6.54 Å². The fourth-order valence-electron chi connectivity index (χ4n) is 2.90. The lowest BCUT2D eigenvalue weighted by molar-refractivity contribution is 0.248. The Bertz CT molecular complexity index is 426. The first-order valence-corrected chi connectivity index (χ1v) is 7.25. The van der Waals surface area contributed by atoms with Crippen molar-refractivity contribution in [2.45, 2.75) is 44.8 Å². The largest absolute Gasteiger partial charge is 0.490 e. The Kier molecular flexibility index (Phi) is 3.14. The van der Waals surface area contributed by atoms with E-state index in [-0.39, 0.29) is 0 Å². The quantitative estimate of drug-likeness (QED) is 0.855. The maximum atomic E-state index is 5.99. The first-order valence-electron chi connectivity index (χ1n) is 6.46. The highest BCUT2D eigenvalue weighted by Gasteiger charge is 2.27. The van der Waals surface area contributed by atoms with Gasteiger partial charge in [0.2, 0.25) is 0 Å². The average molecular weight is 296 g/mol. The van der Waals surface area contributed by atoms with Gasteiger partial charge in [0.25, 0.3) is 0 Å². The molecule has 0 saturated carbocycles. The first kappa shape index (κ1) is 11.5. The van der Waals surface area contributed by atoms with Gasteiger partial charge >= 0.3 is 0 Å². The summed E-state index contributed by atoms with van der Waals surface area (Å²) in [5.74, 6) is 1.14. The molecule has 17 heavy (non-hydrogen) atoms. The van der Waals surface area contributed by atoms with Crippen molar-refractivity contribution in [3.05, 3.63) is 27.7 Å². The fourth-order valence-corrected chi connectivity index (χ4v) is 3.42. The number of halogens is 1. The molecule has 1 fully saturated rings. The van der Waals surface area contributed by atoms with E-state index in [9.17, 15) is 0 Å². The smallest absolute Gasteiger partial charge is 0.127 e. The molecule has 0 radical (unpaired) electrons. The number of ether oxygens (including phenoxy) is 1. The molecular formula is C14H18BrNO. The van der Waals surface area contributed by atoms with Gasteiger partial charge in [-0.25, -0.2) is 0 Å². The van der Waals surface area contributed by atoms with Crippen LogP contribution in [0.1, 0.15) is 43.4 Å². The number of hydrogen-bond acceptors (Lipinski definition) is 2. The van der Waals surface area contributed by atoms with Crippen LogP contribution in [0.4, 0.5) is 0 Å². The monoisotopic (exact) mass is 295 g/mol. The fraction of sp³-hybridized carbons (Fsp3) is 0.571. The molecule has 92 valence electrons. The van der Waals surface area contributed by atoms with Gasteiger partial charge in [-0.2, -0.15) is 0 Å². The topological polar surface area (TPSA) is 21.3 Å². The predicted molar refractivity (Wildman–Crippen MR) is 72.5 cm³/mol. The number of piperidine rings is 1. The van der Waals surface area contributed by atoms with Crippen LogP contribution in [0.2, 0.25) is 0 Å². The molecule has 2 nitrogen and oxygen atoms in total. The SMILES string of the molecule is CC1Cc2cc(Br)cc(C3CCCCN3)c2O1. The molecule has 2 aliphatic rings. The van der Waals surface area contributed by atoms with E-state index < -0.39 is 0 Å². The molecule has 1 saturated heterocycles. The molecule has 1 aromatic rings. The van der Waals surface area contributed by atoms with Crippen LogP contribution in [0.5, 0.6) is 5.75 Å². The minimum atomic E-state index is 0.321. The number of rotatable bonds is 1. The molecule has 2 heterocycles. The summed E-state index contributed by atoms with van der Waals surface area (Å²) >= 11 is 3.62. The average Bonchev–Trinajstić information content (AvgIpc) is 2.69. The van der Waals surface area contributed by atoms with E-state index in [1.54, 1.807) is 0 Å². The Morgan fingerprint density at radius 2 is 2.24 bits per heavy atom. The van der Waals surface area contributed by atoms with E-state index >= 15 is 0 Å². The van der Waals surface area contributed by atoms with Gasteiger partial charge in [0, 0.05) is 22.5 Å². The number of benzene rings is 1. The minimum Gasteiger partial charge on any atom is -0.490 e. The second-order valence-electron chi connectivity index (χ2n) is 5.12. The first-order chi connectivity index (χ1) is 8.24. The molecule has 2 aliphatic heterocycles. The molecule has 0 bridgehead atoms. The third-order valence-electron chi connectivity index (χ3n) is 3.67. The van der Waals surface area contributed by atoms with E-state index in [1.807, 2.05) is 0 Å². The standard InChI is InChI=1S/C14H18BrNO/c1-9-6-10-7-11(15)8-12(14(10)17-9)13-4-2-3-5-16-13/h7-9,13,16H,2-6H2,1H3. The molecular weight excluding hydrogens is 278 g/mol. The van der Waals surface area contributed by atoms with E-state index in [4.69, 9.17) is 4.74 Å². The summed E-state index contributed by atoms with van der Waals surface area (Å²) in [6.45, 7) is 3.27. The van der Waals surface area contributed by atoms with E-state index in [2.05, 4.69) is 40.3 Å². The number of fused-ring (bicyclic) bond motifs is 1. The summed E-state index contributed by atoms with van der Waals surface area (Å²) in [5, 5.41) is 3.61. The van der Waals surface area contributed by atoms with Gasteiger partial charge in [0.1, 0.15) is 11.9 Å². The lowest BCUT2D eigenvalue weighted by Gasteiger charge is -2.25. The van der Waals surface area contributed by atoms with Gasteiger partial charge in [-0.3, -0.25) is 0 Å². The summed E-state index contributed by atoms with van der Waals surface area (Å²) in [6.07, 6.45) is 5.19. The van der Waals surface area contributed by atoms with Gasteiger partial charge in [0.15, 0.2) is 0 Å². The van der Waals surface area contributed by atoms with Gasteiger partial charge in [0.05, 0.1) is 0 Å². The van der Waals surface area contributed by atoms with Crippen LogP contribution in [-0.2, 0) is 6.42 Å². The van der Waals surface area contributed by atoms with Gasteiger partial charge < -0.3 is 10.1 Å². The molecule has 2 atom stereocenters. The molecule has 3 heteroatoms. The molecule has 0 spiro atoms. The Hall–Kier alpha value is -0.540. The lowest BCUT2D eigenvalue weighted by atomic mass is 9.95. The second kappa shape index (κ2) is 4.62. The Morgan fingerprint density at radius 1 is 1.35 bits per heavy atom. The third kappa shape index (κ3) is 2.23. The molecule has 1 N–H and O–H groups in total. The minimum absolute atomic E-state index is 0.321. The van der Waals surface area contributed by atoms with Crippen molar-refractivity contribution >= 4 is 15.9 Å². The molecule has 0 amide bonds. The van der Waals surface area contributed by atoms with Crippen molar-refractivity contribution in [3.63, 3.8) is 0 Å². The highest BCUT2D eigenvalue weighted by Crippen LogP contribution is 2.40. The van der Waals surface area contributed by atoms with Crippen molar-refractivity contribution in [2.24, 2.45) is 0 Å². The van der Waals surface area contributed by atoms with Gasteiger partial charge in [-0.1, -0.05) is 22.4 Å². The van der Waals surface area contributed by atoms with Crippen molar-refractivity contribution in [1.29, 1.82) is 0 Å². The summed E-state index contributed by atoms with van der Waals surface area (Å²) in [5.41, 5.74) is 2.70. The Labute approximate surface area is 111 Å². The molecule has 0 aliphatic carbocycles. The van der Waals surface area contributed by atoms with Crippen LogP contribution in [0, 0.1) is 0 Å². The summed E-state index contributed by atoms with van der Waals surface area (Å²) in [7, 11) is 0. The molecule has 0 aromatic heterocycles. The van der Waals surface area contributed by atoms with Crippen molar-refractivity contribution in [3.8, 4) is 5.75 Å². The van der Waals surface area contributed by atoms with Crippen molar-refractivity contribution < 1.29 is 4.74 Å². The zero-order chi connectivity index (χ0) is 11.8. The Morgan fingerprint density at radius 3 is 3.00 bits per heavy atom. The van der Waals surface area contributed by atoms with Crippen LogP contribution in [0.3, 0.4) is 0 Å². The van der Waals surface area contributed by atoms with Crippen LogP contribution in [0.15, 0.2) is 16.6 Å². The normalized spacial score (nSPS) is 27.6. The highest BCUT2D eigenvalue weighted by atomic mass is 79.9. The van der Waals surface area contributed by atoms with E-state index in [0.717, 1.165) is 18.7 Å². The summed E-state index contributed by atoms with van der Waals surface area (Å²) < 4.78 is 7.16. The maximum Gasteiger partial charge on any atom is 0.127 e.